The number of hydrogen-bond donors (Lipinski definition) is 1. The van der Waals surface area contributed by atoms with E-state index in [0.29, 0.717) is 0 Å². The summed E-state index contributed by atoms with van der Waals surface area (Å²) in [6.07, 6.45) is 3.31. The van der Waals surface area contributed by atoms with Gasteiger partial charge < -0.3 is 10.0 Å². The SMILES string of the molecule is CN(c1ccc(F)cc1)c1cnccc1CO. The van der Waals surface area contributed by atoms with Crippen molar-refractivity contribution in [3.8, 4) is 0 Å². The minimum atomic E-state index is -0.268. The van der Waals surface area contributed by atoms with Crippen molar-refractivity contribution in [2.45, 2.75) is 6.61 Å². The van der Waals surface area contributed by atoms with Crippen molar-refractivity contribution in [3.63, 3.8) is 0 Å². The van der Waals surface area contributed by atoms with Crippen LogP contribution in [0.15, 0.2) is 42.7 Å². The molecule has 1 aromatic heterocycles. The Hall–Kier alpha value is -1.94. The molecule has 0 radical (unpaired) electrons. The molecular weight excluding hydrogens is 219 g/mol. The number of rotatable bonds is 3. The molecule has 0 aliphatic heterocycles. The number of aromatic nitrogens is 1. The van der Waals surface area contributed by atoms with Crippen LogP contribution in [-0.2, 0) is 6.61 Å². The van der Waals surface area contributed by atoms with Crippen LogP contribution in [0.3, 0.4) is 0 Å². The Morgan fingerprint density at radius 2 is 1.94 bits per heavy atom. The van der Waals surface area contributed by atoms with Crippen LogP contribution in [0.25, 0.3) is 0 Å². The summed E-state index contributed by atoms with van der Waals surface area (Å²) in [6, 6.07) is 7.93. The standard InChI is InChI=1S/C13H13FN2O/c1-16(12-4-2-11(14)3-5-12)13-8-15-7-6-10(13)9-17/h2-8,17H,9H2,1H3. The number of aliphatic hydroxyl groups is 1. The Morgan fingerprint density at radius 1 is 1.24 bits per heavy atom. The zero-order valence-corrected chi connectivity index (χ0v) is 9.47. The molecule has 0 fully saturated rings. The predicted octanol–water partition coefficient (Wildman–Crippen LogP) is 2.48. The van der Waals surface area contributed by atoms with E-state index in [1.54, 1.807) is 30.6 Å². The first-order valence-corrected chi connectivity index (χ1v) is 5.25. The van der Waals surface area contributed by atoms with Gasteiger partial charge in [-0.05, 0) is 30.3 Å². The molecule has 2 aromatic rings. The molecule has 2 rings (SSSR count). The van der Waals surface area contributed by atoms with E-state index in [9.17, 15) is 9.50 Å². The van der Waals surface area contributed by atoms with Gasteiger partial charge in [-0.25, -0.2) is 4.39 Å². The van der Waals surface area contributed by atoms with Crippen LogP contribution >= 0.6 is 0 Å². The average Bonchev–Trinajstić information content (AvgIpc) is 2.39. The van der Waals surface area contributed by atoms with Gasteiger partial charge in [0, 0.05) is 24.5 Å². The van der Waals surface area contributed by atoms with Crippen LogP contribution in [0.2, 0.25) is 0 Å². The lowest BCUT2D eigenvalue weighted by molar-refractivity contribution is 0.282. The molecule has 88 valence electrons. The van der Waals surface area contributed by atoms with Crippen LogP contribution < -0.4 is 4.90 Å². The Morgan fingerprint density at radius 3 is 2.59 bits per heavy atom. The van der Waals surface area contributed by atoms with Crippen LogP contribution in [-0.4, -0.2) is 17.1 Å². The van der Waals surface area contributed by atoms with Crippen LogP contribution in [0, 0.1) is 5.82 Å². The van der Waals surface area contributed by atoms with Gasteiger partial charge >= 0.3 is 0 Å². The van der Waals surface area contributed by atoms with Gasteiger partial charge in [0.15, 0.2) is 0 Å². The first kappa shape index (κ1) is 11.5. The van der Waals surface area contributed by atoms with E-state index in [0.717, 1.165) is 16.9 Å². The lowest BCUT2D eigenvalue weighted by atomic mass is 10.2. The number of halogens is 1. The molecule has 0 amide bonds. The van der Waals surface area contributed by atoms with Crippen molar-refractivity contribution in [2.24, 2.45) is 0 Å². The summed E-state index contributed by atoms with van der Waals surface area (Å²) < 4.78 is 12.8. The van der Waals surface area contributed by atoms with Crippen molar-refractivity contribution in [1.29, 1.82) is 0 Å². The lowest BCUT2D eigenvalue weighted by Gasteiger charge is -2.21. The number of nitrogens with zero attached hydrogens (tertiary/aromatic N) is 2. The van der Waals surface area contributed by atoms with E-state index in [1.165, 1.54) is 12.1 Å². The molecule has 0 bridgehead atoms. The molecule has 0 saturated heterocycles. The maximum absolute atomic E-state index is 12.8. The molecular formula is C13H13FN2O. The van der Waals surface area contributed by atoms with Crippen molar-refractivity contribution in [2.75, 3.05) is 11.9 Å². The number of benzene rings is 1. The molecule has 1 N–H and O–H groups in total. The van der Waals surface area contributed by atoms with Crippen molar-refractivity contribution in [3.05, 3.63) is 54.1 Å². The highest BCUT2D eigenvalue weighted by atomic mass is 19.1. The second-order valence-corrected chi connectivity index (χ2v) is 3.70. The maximum atomic E-state index is 12.8. The van der Waals surface area contributed by atoms with Crippen LogP contribution in [0.4, 0.5) is 15.8 Å². The summed E-state index contributed by atoms with van der Waals surface area (Å²) in [4.78, 5) is 5.89. The second kappa shape index (κ2) is 4.93. The molecule has 3 nitrogen and oxygen atoms in total. The van der Waals surface area contributed by atoms with Gasteiger partial charge in [-0.2, -0.15) is 0 Å². The molecule has 0 aliphatic rings. The summed E-state index contributed by atoms with van der Waals surface area (Å²) in [5.41, 5.74) is 2.43. The van der Waals surface area contributed by atoms with Crippen LogP contribution in [0.1, 0.15) is 5.56 Å². The lowest BCUT2D eigenvalue weighted by Crippen LogP contribution is -2.12. The molecule has 0 spiro atoms. The van der Waals surface area contributed by atoms with Gasteiger partial charge in [-0.15, -0.1) is 0 Å². The maximum Gasteiger partial charge on any atom is 0.123 e. The monoisotopic (exact) mass is 232 g/mol. The number of anilines is 2. The van der Waals surface area contributed by atoms with Gasteiger partial charge in [0.05, 0.1) is 18.5 Å². The highest BCUT2D eigenvalue weighted by Crippen LogP contribution is 2.26. The van der Waals surface area contributed by atoms with E-state index in [2.05, 4.69) is 4.98 Å². The molecule has 1 heterocycles. The fourth-order valence-corrected chi connectivity index (χ4v) is 1.65. The van der Waals surface area contributed by atoms with Gasteiger partial charge in [-0.3, -0.25) is 4.98 Å². The molecule has 0 unspecified atom stereocenters. The van der Waals surface area contributed by atoms with Crippen molar-refractivity contribution >= 4 is 11.4 Å². The Balaban J connectivity index is 2.36. The minimum absolute atomic E-state index is 0.0522. The van der Waals surface area contributed by atoms with Crippen molar-refractivity contribution in [1.82, 2.24) is 4.98 Å². The smallest absolute Gasteiger partial charge is 0.123 e. The second-order valence-electron chi connectivity index (χ2n) is 3.70. The Kier molecular flexibility index (Phi) is 3.35. The van der Waals surface area contributed by atoms with E-state index in [-0.39, 0.29) is 12.4 Å². The first-order valence-electron chi connectivity index (χ1n) is 5.25. The highest BCUT2D eigenvalue weighted by molar-refractivity contribution is 5.64. The van der Waals surface area contributed by atoms with Gasteiger partial charge in [0.2, 0.25) is 0 Å². The molecule has 4 heteroatoms. The largest absolute Gasteiger partial charge is 0.392 e. The molecule has 1 aromatic carbocycles. The Bertz CT molecular complexity index is 499. The average molecular weight is 232 g/mol. The number of aliphatic hydroxyl groups excluding tert-OH is 1. The summed E-state index contributed by atoms with van der Waals surface area (Å²) in [7, 11) is 1.85. The summed E-state index contributed by atoms with van der Waals surface area (Å²) >= 11 is 0. The van der Waals surface area contributed by atoms with Gasteiger partial charge in [0.25, 0.3) is 0 Å². The summed E-state index contributed by atoms with van der Waals surface area (Å²) in [6.45, 7) is -0.0522. The molecule has 0 saturated carbocycles. The van der Waals surface area contributed by atoms with E-state index in [4.69, 9.17) is 0 Å². The zero-order chi connectivity index (χ0) is 12.3. The fourth-order valence-electron chi connectivity index (χ4n) is 1.65. The number of hydrogen-bond acceptors (Lipinski definition) is 3. The molecule has 0 aliphatic carbocycles. The van der Waals surface area contributed by atoms with E-state index < -0.39 is 0 Å². The van der Waals surface area contributed by atoms with E-state index >= 15 is 0 Å². The fraction of sp³-hybridized carbons (Fsp3) is 0.154. The third-order valence-electron chi connectivity index (χ3n) is 2.63. The predicted molar refractivity (Wildman–Crippen MR) is 64.6 cm³/mol. The van der Waals surface area contributed by atoms with E-state index in [1.807, 2.05) is 11.9 Å². The third-order valence-corrected chi connectivity index (χ3v) is 2.63. The molecule has 0 atom stereocenters. The number of pyridine rings is 1. The summed E-state index contributed by atoms with van der Waals surface area (Å²) in [5, 5.41) is 9.24. The first-order chi connectivity index (χ1) is 8.22. The normalized spacial score (nSPS) is 10.3. The zero-order valence-electron chi connectivity index (χ0n) is 9.47. The molecule has 17 heavy (non-hydrogen) atoms. The minimum Gasteiger partial charge on any atom is -0.392 e. The van der Waals surface area contributed by atoms with Crippen molar-refractivity contribution < 1.29 is 9.50 Å². The summed E-state index contributed by atoms with van der Waals surface area (Å²) in [5.74, 6) is -0.268. The topological polar surface area (TPSA) is 36.4 Å². The van der Waals surface area contributed by atoms with Gasteiger partial charge in [0.1, 0.15) is 5.82 Å². The van der Waals surface area contributed by atoms with Crippen LogP contribution in [0.5, 0.6) is 0 Å². The van der Waals surface area contributed by atoms with Gasteiger partial charge in [-0.1, -0.05) is 0 Å². The quantitative estimate of drug-likeness (QED) is 0.883. The third kappa shape index (κ3) is 2.42. The highest BCUT2D eigenvalue weighted by Gasteiger charge is 2.08. The Labute approximate surface area is 99.2 Å².